The Morgan fingerprint density at radius 1 is 1.03 bits per heavy atom. The number of carbonyl (C=O) groups is 4. The van der Waals surface area contributed by atoms with Crippen LogP contribution in [0.5, 0.6) is 0 Å². The molecule has 3 unspecified atom stereocenters. The van der Waals surface area contributed by atoms with Crippen molar-refractivity contribution in [2.24, 2.45) is 11.7 Å². The van der Waals surface area contributed by atoms with Crippen molar-refractivity contribution in [1.82, 2.24) is 21.3 Å². The molecule has 1 aliphatic rings. The van der Waals surface area contributed by atoms with E-state index in [1.807, 2.05) is 0 Å². The molecule has 1 aromatic rings. The molecule has 0 bridgehead atoms. The fraction of sp³-hybridized carbons (Fsp3) is 0.560. The normalized spacial score (nSPS) is 16.0. The average Bonchev–Trinajstić information content (AvgIpc) is 2.91. The molecule has 0 saturated heterocycles. The molecular formula is C25H36BrFN6O5. The first-order chi connectivity index (χ1) is 18.2. The maximum Gasteiger partial charge on any atom is 0.251 e. The standard InChI is InChI=1S/C25H36BrFN6O5/c26-17-10-8-16(9-11-17)22(36)33-21(15-5-2-1-3-6-15)24(38)32-19(14-34)23(37)31-18(20(35)13-27)7-4-12-30-25(28)29/h8-11,15,18-19,21,34H,1-7,12-14H2,(H,31,37)(H,32,38)(H,33,36)(H4,28,29,30). The summed E-state index contributed by atoms with van der Waals surface area (Å²) >= 11 is 3.32. The van der Waals surface area contributed by atoms with Gasteiger partial charge in [0.05, 0.1) is 12.6 Å². The van der Waals surface area contributed by atoms with Gasteiger partial charge in [0.25, 0.3) is 5.91 Å². The van der Waals surface area contributed by atoms with Crippen LogP contribution in [0.25, 0.3) is 0 Å². The van der Waals surface area contributed by atoms with Gasteiger partial charge in [0.1, 0.15) is 18.8 Å². The smallest absolute Gasteiger partial charge is 0.251 e. The van der Waals surface area contributed by atoms with Crippen molar-refractivity contribution in [1.29, 1.82) is 5.41 Å². The number of alkyl halides is 1. The Kier molecular flexibility index (Phi) is 13.1. The van der Waals surface area contributed by atoms with Crippen LogP contribution >= 0.6 is 15.9 Å². The molecule has 0 aliphatic heterocycles. The van der Waals surface area contributed by atoms with E-state index in [0.29, 0.717) is 12.0 Å². The number of rotatable bonds is 14. The second-order valence-corrected chi connectivity index (χ2v) is 10.2. The van der Waals surface area contributed by atoms with Crippen LogP contribution in [0.3, 0.4) is 0 Å². The average molecular weight is 600 g/mol. The van der Waals surface area contributed by atoms with Crippen LogP contribution < -0.4 is 27.0 Å². The summed E-state index contributed by atoms with van der Waals surface area (Å²) in [5.74, 6) is -3.19. The topological polar surface area (TPSA) is 186 Å². The van der Waals surface area contributed by atoms with Crippen molar-refractivity contribution in [2.75, 3.05) is 19.8 Å². The van der Waals surface area contributed by atoms with E-state index in [2.05, 4.69) is 37.2 Å². The summed E-state index contributed by atoms with van der Waals surface area (Å²) in [4.78, 5) is 51.0. The number of guanidine groups is 1. The quantitative estimate of drug-likeness (QED) is 0.0940. The maximum atomic E-state index is 13.3. The summed E-state index contributed by atoms with van der Waals surface area (Å²) in [5.41, 5.74) is 5.57. The van der Waals surface area contributed by atoms with Crippen molar-refractivity contribution in [3.05, 3.63) is 34.3 Å². The lowest BCUT2D eigenvalue weighted by atomic mass is 9.83. The van der Waals surface area contributed by atoms with Crippen LogP contribution in [-0.2, 0) is 14.4 Å². The van der Waals surface area contributed by atoms with E-state index < -0.39 is 54.9 Å². The summed E-state index contributed by atoms with van der Waals surface area (Å²) in [5, 5.41) is 27.2. The largest absolute Gasteiger partial charge is 0.394 e. The van der Waals surface area contributed by atoms with Crippen LogP contribution in [-0.4, -0.2) is 72.5 Å². The number of amides is 3. The van der Waals surface area contributed by atoms with E-state index >= 15 is 0 Å². The zero-order valence-corrected chi connectivity index (χ0v) is 22.7. The number of Topliss-reactive ketones (excluding diaryl/α,β-unsaturated/α-hetero) is 1. The van der Waals surface area contributed by atoms with Gasteiger partial charge in [-0.15, -0.1) is 0 Å². The fourth-order valence-electron chi connectivity index (χ4n) is 4.35. The van der Waals surface area contributed by atoms with Crippen molar-refractivity contribution in [3.63, 3.8) is 0 Å². The number of hydrogen-bond acceptors (Lipinski definition) is 6. The highest BCUT2D eigenvalue weighted by molar-refractivity contribution is 9.10. The predicted octanol–water partition coefficient (Wildman–Crippen LogP) is 0.892. The third kappa shape index (κ3) is 10.0. The summed E-state index contributed by atoms with van der Waals surface area (Å²) in [6, 6.07) is 3.13. The van der Waals surface area contributed by atoms with Gasteiger partial charge in [0.15, 0.2) is 11.7 Å². The first-order valence-corrected chi connectivity index (χ1v) is 13.4. The highest BCUT2D eigenvalue weighted by Gasteiger charge is 2.34. The Hall–Kier alpha value is -3.06. The lowest BCUT2D eigenvalue weighted by Gasteiger charge is -2.31. The number of nitrogens with one attached hydrogen (secondary N) is 5. The molecular weight excluding hydrogens is 563 g/mol. The molecule has 1 fully saturated rings. The highest BCUT2D eigenvalue weighted by Crippen LogP contribution is 2.27. The predicted molar refractivity (Wildman–Crippen MR) is 143 cm³/mol. The monoisotopic (exact) mass is 598 g/mol. The fourth-order valence-corrected chi connectivity index (χ4v) is 4.62. The molecule has 38 heavy (non-hydrogen) atoms. The number of carbonyl (C=O) groups excluding carboxylic acids is 4. The molecule has 8 N–H and O–H groups in total. The SMILES string of the molecule is N=C(N)NCCCC(NC(=O)C(CO)NC(=O)C(NC(=O)c1ccc(Br)cc1)C1CCCCC1)C(=O)CF. The number of halogens is 2. The third-order valence-corrected chi connectivity index (χ3v) is 6.96. The number of benzene rings is 1. The Morgan fingerprint density at radius 2 is 1.66 bits per heavy atom. The number of aliphatic hydroxyl groups is 1. The van der Waals surface area contributed by atoms with E-state index in [9.17, 15) is 28.7 Å². The minimum absolute atomic E-state index is 0.0643. The first-order valence-electron chi connectivity index (χ1n) is 12.6. The summed E-state index contributed by atoms with van der Waals surface area (Å²) < 4.78 is 13.9. The van der Waals surface area contributed by atoms with Crippen LogP contribution in [0.2, 0.25) is 0 Å². The molecule has 0 aromatic heterocycles. The number of nitrogens with two attached hydrogens (primary N) is 1. The molecule has 0 spiro atoms. The molecule has 1 saturated carbocycles. The van der Waals surface area contributed by atoms with E-state index in [1.165, 1.54) is 0 Å². The molecule has 3 amide bonds. The van der Waals surface area contributed by atoms with Crippen LogP contribution in [0.15, 0.2) is 28.7 Å². The lowest BCUT2D eigenvalue weighted by molar-refractivity contribution is -0.133. The van der Waals surface area contributed by atoms with Gasteiger partial charge in [-0.05, 0) is 55.9 Å². The van der Waals surface area contributed by atoms with Gasteiger partial charge < -0.3 is 32.1 Å². The second-order valence-electron chi connectivity index (χ2n) is 9.24. The van der Waals surface area contributed by atoms with E-state index in [4.69, 9.17) is 11.1 Å². The van der Waals surface area contributed by atoms with Gasteiger partial charge in [-0.25, -0.2) is 4.39 Å². The zero-order chi connectivity index (χ0) is 28.1. The maximum absolute atomic E-state index is 13.3. The molecule has 0 heterocycles. The van der Waals surface area contributed by atoms with Crippen molar-refractivity contribution in [2.45, 2.75) is 63.1 Å². The van der Waals surface area contributed by atoms with Crippen molar-refractivity contribution >= 4 is 45.4 Å². The minimum atomic E-state index is -1.41. The minimum Gasteiger partial charge on any atom is -0.394 e. The highest BCUT2D eigenvalue weighted by atomic mass is 79.9. The van der Waals surface area contributed by atoms with Gasteiger partial charge in [0.2, 0.25) is 11.8 Å². The Morgan fingerprint density at radius 3 is 2.24 bits per heavy atom. The van der Waals surface area contributed by atoms with Crippen LogP contribution in [0.4, 0.5) is 4.39 Å². The molecule has 1 aliphatic carbocycles. The Balaban J connectivity index is 2.09. The molecule has 210 valence electrons. The second kappa shape index (κ2) is 16.0. The van der Waals surface area contributed by atoms with Gasteiger partial charge >= 0.3 is 0 Å². The van der Waals surface area contributed by atoms with Gasteiger partial charge in [0, 0.05) is 16.6 Å². The van der Waals surface area contributed by atoms with Gasteiger partial charge in [-0.1, -0.05) is 35.2 Å². The van der Waals surface area contributed by atoms with Gasteiger partial charge in [-0.3, -0.25) is 24.6 Å². The van der Waals surface area contributed by atoms with E-state index in [-0.39, 0.29) is 24.8 Å². The lowest BCUT2D eigenvalue weighted by Crippen LogP contribution is -2.58. The van der Waals surface area contributed by atoms with Crippen molar-refractivity contribution in [3.8, 4) is 0 Å². The number of ketones is 1. The Labute approximate surface area is 229 Å². The van der Waals surface area contributed by atoms with Gasteiger partial charge in [-0.2, -0.15) is 0 Å². The first kappa shape index (κ1) is 31.2. The zero-order valence-electron chi connectivity index (χ0n) is 21.1. The molecule has 0 radical (unpaired) electrons. The third-order valence-electron chi connectivity index (χ3n) is 6.43. The summed E-state index contributed by atoms with van der Waals surface area (Å²) in [6.07, 6.45) is 4.63. The van der Waals surface area contributed by atoms with Crippen LogP contribution in [0, 0.1) is 11.3 Å². The molecule has 1 aromatic carbocycles. The molecule has 11 nitrogen and oxygen atoms in total. The number of aliphatic hydroxyl groups excluding tert-OH is 1. The molecule has 13 heteroatoms. The summed E-state index contributed by atoms with van der Waals surface area (Å²) in [7, 11) is 0. The number of hydrogen-bond donors (Lipinski definition) is 7. The van der Waals surface area contributed by atoms with E-state index in [1.54, 1.807) is 24.3 Å². The van der Waals surface area contributed by atoms with Crippen LogP contribution in [0.1, 0.15) is 55.3 Å². The Bertz CT molecular complexity index is 973. The molecule has 3 atom stereocenters. The summed E-state index contributed by atoms with van der Waals surface area (Å²) in [6.45, 7) is -1.83. The molecule has 2 rings (SSSR count). The van der Waals surface area contributed by atoms with E-state index in [0.717, 1.165) is 36.6 Å². The van der Waals surface area contributed by atoms with Crippen molar-refractivity contribution < 1.29 is 28.7 Å².